The highest BCUT2D eigenvalue weighted by atomic mass is 16.3. The van der Waals surface area contributed by atoms with Gasteiger partial charge in [0.2, 0.25) is 0 Å². The van der Waals surface area contributed by atoms with Crippen molar-refractivity contribution in [3.8, 4) is 0 Å². The van der Waals surface area contributed by atoms with Crippen LogP contribution in [0.25, 0.3) is 0 Å². The van der Waals surface area contributed by atoms with Gasteiger partial charge in [-0.1, -0.05) is 30.2 Å². The van der Waals surface area contributed by atoms with Crippen molar-refractivity contribution in [2.45, 2.75) is 46.5 Å². The van der Waals surface area contributed by atoms with Gasteiger partial charge in [0.25, 0.3) is 0 Å². The van der Waals surface area contributed by atoms with E-state index in [1.807, 2.05) is 6.92 Å². The van der Waals surface area contributed by atoms with Crippen molar-refractivity contribution in [1.29, 1.82) is 0 Å². The molecular formula is C15H24O. The molecule has 1 nitrogen and oxygen atoms in total. The third-order valence-corrected chi connectivity index (χ3v) is 4.95. The van der Waals surface area contributed by atoms with Crippen molar-refractivity contribution in [3.05, 3.63) is 23.3 Å². The maximum absolute atomic E-state index is 8.96. The van der Waals surface area contributed by atoms with Gasteiger partial charge in [-0.05, 0) is 56.8 Å². The van der Waals surface area contributed by atoms with Crippen LogP contribution in [0.3, 0.4) is 0 Å². The standard InChI is InChI=1S/C15H24O/c1-11(10-16)5-4-8-15(3)13-7-6-12(2)14(15)9-13/h5-6,13-14,16H,4,7-10H2,1-3H3/b11-5-/t13-,14-,15?/m0/s1. The zero-order chi connectivity index (χ0) is 11.8. The van der Waals surface area contributed by atoms with Gasteiger partial charge in [0.1, 0.15) is 0 Å². The first-order chi connectivity index (χ1) is 7.58. The van der Waals surface area contributed by atoms with E-state index in [1.165, 1.54) is 19.3 Å². The van der Waals surface area contributed by atoms with Crippen LogP contribution in [0, 0.1) is 17.3 Å². The fraction of sp³-hybridized carbons (Fsp3) is 0.733. The van der Waals surface area contributed by atoms with E-state index in [1.54, 1.807) is 5.57 Å². The van der Waals surface area contributed by atoms with Crippen LogP contribution in [-0.4, -0.2) is 11.7 Å². The summed E-state index contributed by atoms with van der Waals surface area (Å²) in [7, 11) is 0. The molecule has 1 N–H and O–H groups in total. The van der Waals surface area contributed by atoms with Crippen LogP contribution >= 0.6 is 0 Å². The number of rotatable bonds is 4. The van der Waals surface area contributed by atoms with Crippen LogP contribution < -0.4 is 0 Å². The van der Waals surface area contributed by atoms with E-state index < -0.39 is 0 Å². The van der Waals surface area contributed by atoms with Crippen molar-refractivity contribution in [3.63, 3.8) is 0 Å². The van der Waals surface area contributed by atoms with E-state index in [2.05, 4.69) is 26.0 Å². The van der Waals surface area contributed by atoms with Crippen molar-refractivity contribution in [1.82, 2.24) is 0 Å². The van der Waals surface area contributed by atoms with Crippen LogP contribution in [0.15, 0.2) is 23.3 Å². The van der Waals surface area contributed by atoms with Crippen molar-refractivity contribution < 1.29 is 5.11 Å². The Morgan fingerprint density at radius 3 is 2.94 bits per heavy atom. The van der Waals surface area contributed by atoms with Crippen molar-refractivity contribution in [2.75, 3.05) is 6.61 Å². The number of allylic oxidation sites excluding steroid dienone is 3. The van der Waals surface area contributed by atoms with Gasteiger partial charge in [-0.3, -0.25) is 0 Å². The number of hydrogen-bond acceptors (Lipinski definition) is 1. The second-order valence-electron chi connectivity index (χ2n) is 5.92. The average Bonchev–Trinajstić information content (AvgIpc) is 2.28. The Morgan fingerprint density at radius 1 is 1.62 bits per heavy atom. The second kappa shape index (κ2) is 4.37. The lowest BCUT2D eigenvalue weighted by Gasteiger charge is -2.58. The Bertz CT molecular complexity index is 326. The molecule has 0 heterocycles. The minimum Gasteiger partial charge on any atom is -0.392 e. The van der Waals surface area contributed by atoms with Crippen LogP contribution in [0.2, 0.25) is 0 Å². The molecule has 0 aromatic carbocycles. The first-order valence-corrected chi connectivity index (χ1v) is 6.51. The third-order valence-electron chi connectivity index (χ3n) is 4.95. The summed E-state index contributed by atoms with van der Waals surface area (Å²) < 4.78 is 0. The monoisotopic (exact) mass is 220 g/mol. The predicted octanol–water partition coefficient (Wildman–Crippen LogP) is 3.70. The van der Waals surface area contributed by atoms with Gasteiger partial charge in [-0.15, -0.1) is 0 Å². The van der Waals surface area contributed by atoms with Crippen LogP contribution in [0.1, 0.15) is 46.5 Å². The summed E-state index contributed by atoms with van der Waals surface area (Å²) >= 11 is 0. The second-order valence-corrected chi connectivity index (χ2v) is 5.92. The molecule has 0 saturated heterocycles. The minimum atomic E-state index is 0.211. The molecule has 2 bridgehead atoms. The van der Waals surface area contributed by atoms with Gasteiger partial charge < -0.3 is 5.11 Å². The number of aliphatic hydroxyl groups excluding tert-OH is 1. The highest BCUT2D eigenvalue weighted by Gasteiger charge is 2.52. The largest absolute Gasteiger partial charge is 0.392 e. The molecule has 1 unspecified atom stereocenters. The first-order valence-electron chi connectivity index (χ1n) is 6.51. The predicted molar refractivity (Wildman–Crippen MR) is 68.2 cm³/mol. The summed E-state index contributed by atoms with van der Waals surface area (Å²) in [6, 6.07) is 0. The topological polar surface area (TPSA) is 20.2 Å². The molecule has 1 heteroatoms. The van der Waals surface area contributed by atoms with Gasteiger partial charge >= 0.3 is 0 Å². The van der Waals surface area contributed by atoms with Crippen LogP contribution in [0.4, 0.5) is 0 Å². The summed E-state index contributed by atoms with van der Waals surface area (Å²) in [5.74, 6) is 1.76. The van der Waals surface area contributed by atoms with Gasteiger partial charge in [0.05, 0.1) is 6.61 Å². The fourth-order valence-electron chi connectivity index (χ4n) is 3.56. The third kappa shape index (κ3) is 1.86. The van der Waals surface area contributed by atoms with E-state index in [0.717, 1.165) is 23.8 Å². The molecule has 3 aliphatic carbocycles. The zero-order valence-corrected chi connectivity index (χ0v) is 10.8. The fourth-order valence-corrected chi connectivity index (χ4v) is 3.56. The molecule has 0 amide bonds. The smallest absolute Gasteiger partial charge is 0.0639 e. The molecule has 0 radical (unpaired) electrons. The minimum absolute atomic E-state index is 0.211. The van der Waals surface area contributed by atoms with E-state index in [4.69, 9.17) is 5.11 Å². The summed E-state index contributed by atoms with van der Waals surface area (Å²) in [4.78, 5) is 0. The highest BCUT2D eigenvalue weighted by molar-refractivity contribution is 5.22. The maximum atomic E-state index is 8.96. The molecule has 0 aliphatic heterocycles. The summed E-state index contributed by atoms with van der Waals surface area (Å²) in [6.45, 7) is 6.98. The number of aliphatic hydroxyl groups is 1. The van der Waals surface area contributed by atoms with Crippen LogP contribution in [-0.2, 0) is 0 Å². The molecule has 1 saturated carbocycles. The Morgan fingerprint density at radius 2 is 2.38 bits per heavy atom. The molecular weight excluding hydrogens is 196 g/mol. The first kappa shape index (κ1) is 11.9. The molecule has 0 aromatic rings. The summed E-state index contributed by atoms with van der Waals surface area (Å²) in [5, 5.41) is 8.96. The molecule has 3 atom stereocenters. The normalized spacial score (nSPS) is 38.0. The SMILES string of the molecule is CC1=CC[C@H]2C[C@@H]1C2(C)CC/C=C(/C)CO. The molecule has 1 fully saturated rings. The maximum Gasteiger partial charge on any atom is 0.0639 e. The average molecular weight is 220 g/mol. The number of fused-ring (bicyclic) bond motifs is 1. The lowest BCUT2D eigenvalue weighted by Crippen LogP contribution is -2.49. The van der Waals surface area contributed by atoms with Gasteiger partial charge in [-0.2, -0.15) is 0 Å². The Labute approximate surface area is 99.3 Å². The highest BCUT2D eigenvalue weighted by Crippen LogP contribution is 2.61. The Hall–Kier alpha value is -0.560. The van der Waals surface area contributed by atoms with E-state index in [9.17, 15) is 0 Å². The lowest BCUT2D eigenvalue weighted by atomic mass is 9.47. The summed E-state index contributed by atoms with van der Waals surface area (Å²) in [5.41, 5.74) is 3.28. The van der Waals surface area contributed by atoms with E-state index in [0.29, 0.717) is 5.41 Å². The zero-order valence-electron chi connectivity index (χ0n) is 10.8. The molecule has 0 spiro atoms. The molecule has 0 aromatic heterocycles. The summed E-state index contributed by atoms with van der Waals surface area (Å²) in [6.07, 6.45) is 9.77. The van der Waals surface area contributed by atoms with E-state index in [-0.39, 0.29) is 6.61 Å². The van der Waals surface area contributed by atoms with Gasteiger partial charge in [-0.25, -0.2) is 0 Å². The Balaban J connectivity index is 1.94. The quantitative estimate of drug-likeness (QED) is 0.716. The van der Waals surface area contributed by atoms with Gasteiger partial charge in [0, 0.05) is 0 Å². The van der Waals surface area contributed by atoms with Crippen molar-refractivity contribution >= 4 is 0 Å². The molecule has 90 valence electrons. The number of hydrogen-bond donors (Lipinski definition) is 1. The van der Waals surface area contributed by atoms with E-state index >= 15 is 0 Å². The molecule has 3 aliphatic rings. The lowest BCUT2D eigenvalue weighted by molar-refractivity contribution is -0.0312. The van der Waals surface area contributed by atoms with Crippen molar-refractivity contribution in [2.24, 2.45) is 17.3 Å². The Kier molecular flexibility index (Phi) is 3.25. The van der Waals surface area contributed by atoms with Gasteiger partial charge in [0.15, 0.2) is 0 Å². The molecule has 16 heavy (non-hydrogen) atoms. The van der Waals surface area contributed by atoms with Crippen LogP contribution in [0.5, 0.6) is 0 Å². The molecule has 3 rings (SSSR count).